The van der Waals surface area contributed by atoms with Crippen LogP contribution < -0.4 is 9.62 Å². The number of benzene rings is 3. The van der Waals surface area contributed by atoms with Gasteiger partial charge in [-0.25, -0.2) is 12.8 Å². The van der Waals surface area contributed by atoms with Crippen molar-refractivity contribution in [2.24, 2.45) is 0 Å². The standard InChI is InChI=1S/C30H33ClFN3O4S/c1-21-12-14-23(15-13-21)19-34(22(2)30(37)33-24-8-6-7-9-24)29(36)20-35(25-16-17-28(32)27(31)18-25)40(38,39)26-10-4-3-5-11-26/h3-5,10-18,22,24H,6-9,19-20H2,1-2H3,(H,33,37)/t22-/m0/s1. The first-order valence-corrected chi connectivity index (χ1v) is 15.1. The molecular weight excluding hydrogens is 553 g/mol. The maximum atomic E-state index is 14.0. The van der Waals surface area contributed by atoms with E-state index in [2.05, 4.69) is 5.32 Å². The SMILES string of the molecule is Cc1ccc(CN(C(=O)CN(c2ccc(F)c(Cl)c2)S(=O)(=O)c2ccccc2)[C@@H](C)C(=O)NC2CCCC2)cc1. The van der Waals surface area contributed by atoms with E-state index in [4.69, 9.17) is 11.6 Å². The van der Waals surface area contributed by atoms with E-state index in [1.807, 2.05) is 31.2 Å². The maximum Gasteiger partial charge on any atom is 0.264 e. The number of rotatable bonds is 10. The van der Waals surface area contributed by atoms with E-state index in [1.54, 1.807) is 25.1 Å². The van der Waals surface area contributed by atoms with Crippen molar-refractivity contribution in [2.45, 2.75) is 63.1 Å². The topological polar surface area (TPSA) is 86.8 Å². The second-order valence-corrected chi connectivity index (χ2v) is 12.4. The third kappa shape index (κ3) is 7.01. The normalized spacial score (nSPS) is 14.5. The lowest BCUT2D eigenvalue weighted by Crippen LogP contribution is -2.52. The molecule has 40 heavy (non-hydrogen) atoms. The van der Waals surface area contributed by atoms with Crippen molar-refractivity contribution in [2.75, 3.05) is 10.8 Å². The first kappa shape index (κ1) is 29.6. The van der Waals surface area contributed by atoms with Crippen LogP contribution >= 0.6 is 11.6 Å². The Morgan fingerprint density at radius 1 is 1.02 bits per heavy atom. The highest BCUT2D eigenvalue weighted by atomic mass is 35.5. The summed E-state index contributed by atoms with van der Waals surface area (Å²) in [4.78, 5) is 28.5. The molecule has 3 aromatic carbocycles. The number of nitrogens with one attached hydrogen (secondary N) is 1. The Bertz CT molecular complexity index is 1450. The highest BCUT2D eigenvalue weighted by Gasteiger charge is 2.33. The van der Waals surface area contributed by atoms with E-state index in [0.29, 0.717) is 0 Å². The Morgan fingerprint density at radius 2 is 1.68 bits per heavy atom. The van der Waals surface area contributed by atoms with Gasteiger partial charge in [0.2, 0.25) is 11.8 Å². The van der Waals surface area contributed by atoms with Gasteiger partial charge in [-0.3, -0.25) is 13.9 Å². The van der Waals surface area contributed by atoms with Crippen molar-refractivity contribution in [3.05, 3.63) is 94.8 Å². The van der Waals surface area contributed by atoms with Gasteiger partial charge in [-0.1, -0.05) is 72.5 Å². The highest BCUT2D eigenvalue weighted by molar-refractivity contribution is 7.92. The molecule has 1 N–H and O–H groups in total. The monoisotopic (exact) mass is 585 g/mol. The summed E-state index contributed by atoms with van der Waals surface area (Å²) in [5, 5.41) is 2.76. The predicted molar refractivity (Wildman–Crippen MR) is 154 cm³/mol. The maximum absolute atomic E-state index is 14.0. The highest BCUT2D eigenvalue weighted by Crippen LogP contribution is 2.28. The molecule has 0 radical (unpaired) electrons. The van der Waals surface area contributed by atoms with E-state index in [9.17, 15) is 22.4 Å². The fourth-order valence-corrected chi connectivity index (χ4v) is 6.36. The smallest absolute Gasteiger partial charge is 0.264 e. The molecule has 2 amide bonds. The van der Waals surface area contributed by atoms with Crippen LogP contribution in [0.1, 0.15) is 43.7 Å². The molecule has 1 aliphatic rings. The van der Waals surface area contributed by atoms with Crippen LogP contribution in [-0.4, -0.2) is 43.8 Å². The second kappa shape index (κ2) is 12.8. The van der Waals surface area contributed by atoms with Gasteiger partial charge in [0.15, 0.2) is 0 Å². The van der Waals surface area contributed by atoms with Crippen LogP contribution in [0.5, 0.6) is 0 Å². The van der Waals surface area contributed by atoms with Crippen molar-refractivity contribution in [1.29, 1.82) is 0 Å². The molecule has 10 heteroatoms. The molecule has 3 aromatic rings. The second-order valence-electron chi connectivity index (χ2n) is 10.1. The number of halogens is 2. The Labute approximate surface area is 240 Å². The quantitative estimate of drug-likeness (QED) is 0.342. The van der Waals surface area contributed by atoms with Gasteiger partial charge in [0.05, 0.1) is 15.6 Å². The van der Waals surface area contributed by atoms with Crippen molar-refractivity contribution in [3.8, 4) is 0 Å². The number of carbonyl (C=O) groups excluding carboxylic acids is 2. The van der Waals surface area contributed by atoms with Crippen LogP contribution in [0.15, 0.2) is 77.7 Å². The molecule has 4 rings (SSSR count). The number of amides is 2. The summed E-state index contributed by atoms with van der Waals surface area (Å²) in [6.07, 6.45) is 3.85. The Morgan fingerprint density at radius 3 is 2.30 bits per heavy atom. The van der Waals surface area contributed by atoms with Crippen molar-refractivity contribution in [1.82, 2.24) is 10.2 Å². The number of aryl methyl sites for hydroxylation is 1. The molecule has 0 bridgehead atoms. The molecule has 1 aliphatic carbocycles. The zero-order valence-electron chi connectivity index (χ0n) is 22.5. The van der Waals surface area contributed by atoms with E-state index in [0.717, 1.165) is 47.2 Å². The molecule has 0 aromatic heterocycles. The number of nitrogens with zero attached hydrogens (tertiary/aromatic N) is 2. The van der Waals surface area contributed by atoms with Gasteiger partial charge in [-0.2, -0.15) is 0 Å². The number of anilines is 1. The Kier molecular flexibility index (Phi) is 9.48. The van der Waals surface area contributed by atoms with Crippen molar-refractivity contribution < 1.29 is 22.4 Å². The van der Waals surface area contributed by atoms with Crippen molar-refractivity contribution >= 4 is 39.1 Å². The summed E-state index contributed by atoms with van der Waals surface area (Å²) in [7, 11) is -4.25. The van der Waals surface area contributed by atoms with E-state index < -0.39 is 34.3 Å². The van der Waals surface area contributed by atoms with E-state index >= 15 is 0 Å². The third-order valence-corrected chi connectivity index (χ3v) is 9.22. The van der Waals surface area contributed by atoms with Crippen LogP contribution in [0, 0.1) is 12.7 Å². The molecule has 212 valence electrons. The van der Waals surface area contributed by atoms with Gasteiger partial charge >= 0.3 is 0 Å². The van der Waals surface area contributed by atoms with Crippen LogP contribution in [0.3, 0.4) is 0 Å². The average Bonchev–Trinajstić information content (AvgIpc) is 3.46. The minimum atomic E-state index is -4.25. The lowest BCUT2D eigenvalue weighted by atomic mass is 10.1. The van der Waals surface area contributed by atoms with Gasteiger partial charge in [0.25, 0.3) is 10.0 Å². The summed E-state index contributed by atoms with van der Waals surface area (Å²) < 4.78 is 42.4. The zero-order valence-corrected chi connectivity index (χ0v) is 24.1. The first-order valence-electron chi connectivity index (χ1n) is 13.2. The third-order valence-electron chi connectivity index (χ3n) is 7.14. The van der Waals surface area contributed by atoms with E-state index in [-0.39, 0.29) is 34.1 Å². The largest absolute Gasteiger partial charge is 0.352 e. The molecule has 1 fully saturated rings. The average molecular weight is 586 g/mol. The minimum Gasteiger partial charge on any atom is -0.352 e. The molecular formula is C30H33ClFN3O4S. The zero-order chi connectivity index (χ0) is 28.9. The van der Waals surface area contributed by atoms with Gasteiger partial charge < -0.3 is 10.2 Å². The molecule has 7 nitrogen and oxygen atoms in total. The van der Waals surface area contributed by atoms with Crippen LogP contribution in [-0.2, 0) is 26.2 Å². The van der Waals surface area contributed by atoms with Crippen LogP contribution in [0.2, 0.25) is 5.02 Å². The first-order chi connectivity index (χ1) is 19.1. The fraction of sp³-hybridized carbons (Fsp3) is 0.333. The minimum absolute atomic E-state index is 0.0296. The van der Waals surface area contributed by atoms with Crippen molar-refractivity contribution in [3.63, 3.8) is 0 Å². The van der Waals surface area contributed by atoms with Gasteiger partial charge in [0, 0.05) is 12.6 Å². The summed E-state index contributed by atoms with van der Waals surface area (Å²) in [5.41, 5.74) is 1.87. The number of sulfonamides is 1. The van der Waals surface area contributed by atoms with Crippen LogP contribution in [0.25, 0.3) is 0 Å². The number of hydrogen-bond acceptors (Lipinski definition) is 4. The van der Waals surface area contributed by atoms with Crippen LogP contribution in [0.4, 0.5) is 10.1 Å². The molecule has 0 spiro atoms. The van der Waals surface area contributed by atoms with Gasteiger partial charge in [-0.15, -0.1) is 0 Å². The van der Waals surface area contributed by atoms with E-state index in [1.165, 1.54) is 29.2 Å². The summed E-state index contributed by atoms with van der Waals surface area (Å²) in [5.74, 6) is -1.60. The van der Waals surface area contributed by atoms with Gasteiger partial charge in [-0.05, 0) is 62.6 Å². The number of carbonyl (C=O) groups is 2. The molecule has 1 saturated carbocycles. The van der Waals surface area contributed by atoms with Gasteiger partial charge in [0.1, 0.15) is 18.4 Å². The predicted octanol–water partition coefficient (Wildman–Crippen LogP) is 5.46. The fourth-order valence-electron chi connectivity index (χ4n) is 4.75. The molecule has 0 heterocycles. The summed E-state index contributed by atoms with van der Waals surface area (Å²) in [6, 6.07) is 17.9. The molecule has 0 unspecified atom stereocenters. The molecule has 1 atom stereocenters. The molecule has 0 aliphatic heterocycles. The molecule has 0 saturated heterocycles. The lowest BCUT2D eigenvalue weighted by Gasteiger charge is -2.32. The summed E-state index contributed by atoms with van der Waals surface area (Å²) in [6.45, 7) is 3.07. The Hall–Kier alpha value is -3.43. The number of hydrogen-bond donors (Lipinski definition) is 1. The summed E-state index contributed by atoms with van der Waals surface area (Å²) >= 11 is 6.00. The Balaban J connectivity index is 1.69. The lowest BCUT2D eigenvalue weighted by molar-refractivity contribution is -0.139.